The second-order valence-corrected chi connectivity index (χ2v) is 1.63. The van der Waals surface area contributed by atoms with E-state index < -0.39 is 4.96 Å². The van der Waals surface area contributed by atoms with Crippen molar-refractivity contribution >= 4 is 29.5 Å². The summed E-state index contributed by atoms with van der Waals surface area (Å²) < 4.78 is 0. The van der Waals surface area contributed by atoms with Gasteiger partial charge in [0.05, 0.1) is 6.34 Å². The highest BCUT2D eigenvalue weighted by molar-refractivity contribution is 6.44. The van der Waals surface area contributed by atoms with Crippen LogP contribution in [0.5, 0.6) is 0 Å². The van der Waals surface area contributed by atoms with Crippen LogP contribution in [0.4, 0.5) is 0 Å². The SMILES string of the molecule is N/C=N/C(Cl)Cl. The summed E-state index contributed by atoms with van der Waals surface area (Å²) in [5.41, 5.74) is 4.77. The van der Waals surface area contributed by atoms with Crippen LogP contribution in [0.2, 0.25) is 0 Å². The van der Waals surface area contributed by atoms with Crippen LogP contribution in [0.1, 0.15) is 0 Å². The Morgan fingerprint density at radius 3 is 2.17 bits per heavy atom. The molecule has 0 spiro atoms. The normalized spacial score (nSPS) is 11.2. The van der Waals surface area contributed by atoms with Crippen LogP contribution in [0, 0.1) is 0 Å². The van der Waals surface area contributed by atoms with Gasteiger partial charge in [-0.2, -0.15) is 0 Å². The predicted octanol–water partition coefficient (Wildman–Crippen LogP) is 0.735. The molecule has 0 aliphatic carbocycles. The standard InChI is InChI=1S/C2H4Cl2N2/c3-2(4)6-1-5/h1-2H,(H2,5,6). The maximum Gasteiger partial charge on any atom is 0.198 e. The number of hydrogen-bond acceptors (Lipinski definition) is 1. The summed E-state index contributed by atoms with van der Waals surface area (Å²) in [4.78, 5) is 2.60. The Bertz CT molecular complexity index is 51.5. The van der Waals surface area contributed by atoms with Crippen molar-refractivity contribution in [2.45, 2.75) is 4.96 Å². The average Bonchev–Trinajstić information content (AvgIpc) is 1.35. The zero-order valence-electron chi connectivity index (χ0n) is 2.94. The lowest BCUT2D eigenvalue weighted by molar-refractivity contribution is 1.27. The molecule has 0 aromatic heterocycles. The molecule has 0 fully saturated rings. The molecule has 0 aliphatic rings. The van der Waals surface area contributed by atoms with Crippen LogP contribution < -0.4 is 5.73 Å². The number of halogens is 2. The zero-order valence-corrected chi connectivity index (χ0v) is 4.45. The van der Waals surface area contributed by atoms with Gasteiger partial charge in [-0.3, -0.25) is 0 Å². The topological polar surface area (TPSA) is 38.4 Å². The molecule has 0 aromatic rings. The highest BCUT2D eigenvalue weighted by Gasteiger charge is 1.84. The van der Waals surface area contributed by atoms with E-state index in [1.165, 1.54) is 0 Å². The molecule has 6 heavy (non-hydrogen) atoms. The Hall–Kier alpha value is 0.0500. The van der Waals surface area contributed by atoms with Crippen LogP contribution in [-0.2, 0) is 0 Å². The average molecular weight is 127 g/mol. The Morgan fingerprint density at radius 2 is 2.17 bits per heavy atom. The van der Waals surface area contributed by atoms with Gasteiger partial charge in [0.25, 0.3) is 0 Å². The summed E-state index contributed by atoms with van der Waals surface area (Å²) in [5, 5.41) is 0. The first-order valence-electron chi connectivity index (χ1n) is 1.29. The highest BCUT2D eigenvalue weighted by Crippen LogP contribution is 1.99. The summed E-state index contributed by atoms with van der Waals surface area (Å²) >= 11 is 10.1. The lowest BCUT2D eigenvalue weighted by Crippen LogP contribution is -1.90. The minimum atomic E-state index is -0.713. The Kier molecular flexibility index (Phi) is 3.28. The molecular formula is C2H4Cl2N2. The van der Waals surface area contributed by atoms with Crippen LogP contribution in [0.25, 0.3) is 0 Å². The number of hydrogen-bond donors (Lipinski definition) is 1. The van der Waals surface area contributed by atoms with Crippen molar-refractivity contribution < 1.29 is 0 Å². The first-order valence-corrected chi connectivity index (χ1v) is 2.16. The van der Waals surface area contributed by atoms with Gasteiger partial charge in [-0.15, -0.1) is 0 Å². The van der Waals surface area contributed by atoms with Crippen LogP contribution >= 0.6 is 23.2 Å². The molecule has 2 nitrogen and oxygen atoms in total. The summed E-state index contributed by atoms with van der Waals surface area (Å²) in [6.07, 6.45) is 1.06. The Morgan fingerprint density at radius 1 is 1.67 bits per heavy atom. The lowest BCUT2D eigenvalue weighted by Gasteiger charge is -1.82. The molecule has 0 radical (unpaired) electrons. The van der Waals surface area contributed by atoms with Crippen molar-refractivity contribution in [3.63, 3.8) is 0 Å². The monoisotopic (exact) mass is 126 g/mol. The van der Waals surface area contributed by atoms with E-state index in [2.05, 4.69) is 4.99 Å². The van der Waals surface area contributed by atoms with Gasteiger partial charge in [0.15, 0.2) is 4.96 Å². The van der Waals surface area contributed by atoms with Gasteiger partial charge >= 0.3 is 0 Å². The lowest BCUT2D eigenvalue weighted by atomic mass is 11.3. The molecule has 0 saturated heterocycles. The van der Waals surface area contributed by atoms with Crippen molar-refractivity contribution in [1.82, 2.24) is 0 Å². The number of alkyl halides is 2. The number of aliphatic imine (C=N–C) groups is 1. The summed E-state index contributed by atoms with van der Waals surface area (Å²) in [6, 6.07) is 0. The minimum Gasteiger partial charge on any atom is -0.390 e. The van der Waals surface area contributed by atoms with E-state index in [9.17, 15) is 0 Å². The maximum atomic E-state index is 5.07. The fourth-order valence-corrected chi connectivity index (χ4v) is 0.195. The largest absolute Gasteiger partial charge is 0.390 e. The van der Waals surface area contributed by atoms with Crippen LogP contribution in [0.15, 0.2) is 4.99 Å². The maximum absolute atomic E-state index is 5.07. The molecule has 0 rings (SSSR count). The van der Waals surface area contributed by atoms with Crippen molar-refractivity contribution in [2.24, 2.45) is 10.7 Å². The molecule has 0 amide bonds. The van der Waals surface area contributed by atoms with Gasteiger partial charge in [0.1, 0.15) is 0 Å². The van der Waals surface area contributed by atoms with Crippen LogP contribution in [-0.4, -0.2) is 11.3 Å². The third-order valence-electron chi connectivity index (χ3n) is 0.199. The third kappa shape index (κ3) is 4.05. The Balaban J connectivity index is 3.03. The van der Waals surface area contributed by atoms with Gasteiger partial charge in [0.2, 0.25) is 0 Å². The number of nitrogens with two attached hydrogens (primary N) is 1. The fourth-order valence-electron chi connectivity index (χ4n) is 0.0651. The van der Waals surface area contributed by atoms with E-state index in [-0.39, 0.29) is 0 Å². The Labute approximate surface area is 45.9 Å². The minimum absolute atomic E-state index is 0.713. The number of nitrogens with zero attached hydrogens (tertiary/aromatic N) is 1. The van der Waals surface area contributed by atoms with Crippen molar-refractivity contribution in [3.8, 4) is 0 Å². The molecule has 0 bridgehead atoms. The summed E-state index contributed by atoms with van der Waals surface area (Å²) in [6.45, 7) is 0. The van der Waals surface area contributed by atoms with Crippen molar-refractivity contribution in [1.29, 1.82) is 0 Å². The predicted molar refractivity (Wildman–Crippen MR) is 28.2 cm³/mol. The first-order chi connectivity index (χ1) is 2.77. The molecule has 0 aliphatic heterocycles. The molecule has 0 atom stereocenters. The van der Waals surface area contributed by atoms with Crippen molar-refractivity contribution in [3.05, 3.63) is 0 Å². The second kappa shape index (κ2) is 3.25. The summed E-state index contributed by atoms with van der Waals surface area (Å²) in [5.74, 6) is 0. The van der Waals surface area contributed by atoms with Gasteiger partial charge in [-0.1, -0.05) is 23.2 Å². The zero-order chi connectivity index (χ0) is 4.99. The number of rotatable bonds is 1. The van der Waals surface area contributed by atoms with Gasteiger partial charge in [-0.25, -0.2) is 4.99 Å². The molecule has 2 N–H and O–H groups in total. The van der Waals surface area contributed by atoms with Gasteiger partial charge in [-0.05, 0) is 0 Å². The first kappa shape index (κ1) is 6.05. The van der Waals surface area contributed by atoms with E-state index in [0.29, 0.717) is 0 Å². The fraction of sp³-hybridized carbons (Fsp3) is 0.500. The van der Waals surface area contributed by atoms with E-state index in [0.717, 1.165) is 6.34 Å². The molecule has 36 valence electrons. The molecule has 0 aromatic carbocycles. The van der Waals surface area contributed by atoms with E-state index in [4.69, 9.17) is 28.9 Å². The second-order valence-electron chi connectivity index (χ2n) is 0.576. The van der Waals surface area contributed by atoms with Gasteiger partial charge in [0, 0.05) is 0 Å². The molecule has 0 unspecified atom stereocenters. The molecule has 4 heteroatoms. The van der Waals surface area contributed by atoms with E-state index in [1.807, 2.05) is 0 Å². The molecule has 0 saturated carbocycles. The quantitative estimate of drug-likeness (QED) is 0.240. The summed E-state index contributed by atoms with van der Waals surface area (Å²) in [7, 11) is 0. The van der Waals surface area contributed by atoms with E-state index >= 15 is 0 Å². The smallest absolute Gasteiger partial charge is 0.198 e. The van der Waals surface area contributed by atoms with E-state index in [1.54, 1.807) is 0 Å². The van der Waals surface area contributed by atoms with Crippen LogP contribution in [0.3, 0.4) is 0 Å². The van der Waals surface area contributed by atoms with Crippen molar-refractivity contribution in [2.75, 3.05) is 0 Å². The highest BCUT2D eigenvalue weighted by atomic mass is 35.5. The van der Waals surface area contributed by atoms with Gasteiger partial charge < -0.3 is 5.73 Å². The molecule has 0 heterocycles. The molecular weight excluding hydrogens is 123 g/mol. The third-order valence-corrected chi connectivity index (χ3v) is 0.424.